The molecule has 2 fully saturated rings. The molecule has 10 heavy (non-hydrogen) atoms. The Balaban J connectivity index is 2.05. The molecule has 2 saturated carbocycles. The standard InChI is InChI=1S/C9H17N/c1-7(10)9-5-3-2-4-8(9)6-9/h7-8H,2-6,10H2,1H3/t7-,8+,9-/m0/s1. The summed E-state index contributed by atoms with van der Waals surface area (Å²) in [7, 11) is 0. The molecule has 0 bridgehead atoms. The predicted octanol–water partition coefficient (Wildman–Crippen LogP) is 1.91. The topological polar surface area (TPSA) is 26.0 Å². The fourth-order valence-electron chi connectivity index (χ4n) is 2.73. The molecule has 3 atom stereocenters. The molecule has 0 unspecified atom stereocenters. The van der Waals surface area contributed by atoms with E-state index < -0.39 is 0 Å². The summed E-state index contributed by atoms with van der Waals surface area (Å²) in [5, 5.41) is 0. The molecule has 1 nitrogen and oxygen atoms in total. The van der Waals surface area contributed by atoms with Gasteiger partial charge in [-0.25, -0.2) is 0 Å². The van der Waals surface area contributed by atoms with Crippen molar-refractivity contribution in [2.75, 3.05) is 0 Å². The van der Waals surface area contributed by atoms with Gasteiger partial charge in [0.2, 0.25) is 0 Å². The maximum Gasteiger partial charge on any atom is 0.00697 e. The second kappa shape index (κ2) is 1.97. The molecule has 0 aromatic carbocycles. The third-order valence-corrected chi connectivity index (χ3v) is 3.63. The Morgan fingerprint density at radius 3 is 2.80 bits per heavy atom. The number of hydrogen-bond donors (Lipinski definition) is 1. The first kappa shape index (κ1) is 6.66. The Kier molecular flexibility index (Phi) is 1.31. The van der Waals surface area contributed by atoms with E-state index in [1.54, 1.807) is 0 Å². The summed E-state index contributed by atoms with van der Waals surface area (Å²) >= 11 is 0. The third kappa shape index (κ3) is 0.731. The maximum atomic E-state index is 5.94. The van der Waals surface area contributed by atoms with Crippen molar-refractivity contribution in [3.63, 3.8) is 0 Å². The molecule has 1 heteroatoms. The minimum Gasteiger partial charge on any atom is -0.327 e. The van der Waals surface area contributed by atoms with Gasteiger partial charge in [0, 0.05) is 6.04 Å². The Morgan fingerprint density at radius 1 is 1.50 bits per heavy atom. The molecular formula is C9H17N. The van der Waals surface area contributed by atoms with Crippen LogP contribution in [0.5, 0.6) is 0 Å². The van der Waals surface area contributed by atoms with Crippen LogP contribution >= 0.6 is 0 Å². The van der Waals surface area contributed by atoms with E-state index in [9.17, 15) is 0 Å². The summed E-state index contributed by atoms with van der Waals surface area (Å²) in [6, 6.07) is 0.456. The van der Waals surface area contributed by atoms with Crippen molar-refractivity contribution in [1.29, 1.82) is 0 Å². The molecular weight excluding hydrogens is 122 g/mol. The molecule has 58 valence electrons. The summed E-state index contributed by atoms with van der Waals surface area (Å²) < 4.78 is 0. The zero-order chi connectivity index (χ0) is 7.19. The van der Waals surface area contributed by atoms with Gasteiger partial charge in [-0.05, 0) is 37.5 Å². The van der Waals surface area contributed by atoms with Crippen LogP contribution in [-0.2, 0) is 0 Å². The van der Waals surface area contributed by atoms with Crippen LogP contribution < -0.4 is 5.73 Å². The summed E-state index contributed by atoms with van der Waals surface area (Å²) in [4.78, 5) is 0. The van der Waals surface area contributed by atoms with Gasteiger partial charge in [0.25, 0.3) is 0 Å². The minimum atomic E-state index is 0.456. The van der Waals surface area contributed by atoms with Gasteiger partial charge in [-0.3, -0.25) is 0 Å². The van der Waals surface area contributed by atoms with Gasteiger partial charge in [0.1, 0.15) is 0 Å². The van der Waals surface area contributed by atoms with Gasteiger partial charge >= 0.3 is 0 Å². The predicted molar refractivity (Wildman–Crippen MR) is 42.7 cm³/mol. The first-order chi connectivity index (χ1) is 4.76. The van der Waals surface area contributed by atoms with Crippen molar-refractivity contribution >= 4 is 0 Å². The first-order valence-corrected chi connectivity index (χ1v) is 4.51. The molecule has 0 aliphatic heterocycles. The van der Waals surface area contributed by atoms with Crippen molar-refractivity contribution in [2.45, 2.75) is 45.1 Å². The highest BCUT2D eigenvalue weighted by molar-refractivity contribution is 5.08. The van der Waals surface area contributed by atoms with Crippen LogP contribution in [0.4, 0.5) is 0 Å². The van der Waals surface area contributed by atoms with Gasteiger partial charge in [0.05, 0.1) is 0 Å². The van der Waals surface area contributed by atoms with Crippen LogP contribution in [-0.4, -0.2) is 6.04 Å². The van der Waals surface area contributed by atoms with Gasteiger partial charge in [0.15, 0.2) is 0 Å². The smallest absolute Gasteiger partial charge is 0.00697 e. The molecule has 0 heterocycles. The SMILES string of the molecule is C[C@H](N)[C@@]12CCCC[C@@H]1C2. The molecule has 0 radical (unpaired) electrons. The fraction of sp³-hybridized carbons (Fsp3) is 1.00. The lowest BCUT2D eigenvalue weighted by atomic mass is 9.84. The summed E-state index contributed by atoms with van der Waals surface area (Å²) in [6.07, 6.45) is 7.19. The van der Waals surface area contributed by atoms with E-state index in [0.29, 0.717) is 11.5 Å². The van der Waals surface area contributed by atoms with Gasteiger partial charge < -0.3 is 5.73 Å². The number of nitrogens with two attached hydrogens (primary N) is 1. The number of fused-ring (bicyclic) bond motifs is 1. The third-order valence-electron chi connectivity index (χ3n) is 3.63. The quantitative estimate of drug-likeness (QED) is 0.590. The normalized spacial score (nSPS) is 48.0. The van der Waals surface area contributed by atoms with E-state index in [1.807, 2.05) is 0 Å². The molecule has 0 aromatic rings. The lowest BCUT2D eigenvalue weighted by Gasteiger charge is -2.25. The van der Waals surface area contributed by atoms with E-state index in [4.69, 9.17) is 5.73 Å². The molecule has 0 aromatic heterocycles. The molecule has 0 saturated heterocycles. The van der Waals surface area contributed by atoms with E-state index in [2.05, 4.69) is 6.92 Å². The van der Waals surface area contributed by atoms with Gasteiger partial charge in [-0.15, -0.1) is 0 Å². The van der Waals surface area contributed by atoms with Crippen LogP contribution in [0.25, 0.3) is 0 Å². The van der Waals surface area contributed by atoms with Crippen LogP contribution in [0.15, 0.2) is 0 Å². The second-order valence-corrected chi connectivity index (χ2v) is 4.17. The average molecular weight is 139 g/mol. The molecule has 0 amide bonds. The summed E-state index contributed by atoms with van der Waals surface area (Å²) in [5.74, 6) is 1.02. The molecule has 2 aliphatic rings. The zero-order valence-electron chi connectivity index (χ0n) is 6.77. The summed E-state index contributed by atoms with van der Waals surface area (Å²) in [6.45, 7) is 2.19. The second-order valence-electron chi connectivity index (χ2n) is 4.17. The van der Waals surface area contributed by atoms with Crippen molar-refractivity contribution in [2.24, 2.45) is 17.1 Å². The monoisotopic (exact) mass is 139 g/mol. The lowest BCUT2D eigenvalue weighted by molar-refractivity contribution is 0.292. The fourth-order valence-corrected chi connectivity index (χ4v) is 2.73. The summed E-state index contributed by atoms with van der Waals surface area (Å²) in [5.41, 5.74) is 6.57. The Labute approximate surface area is 63.0 Å². The molecule has 2 rings (SSSR count). The van der Waals surface area contributed by atoms with Crippen molar-refractivity contribution in [3.8, 4) is 0 Å². The number of rotatable bonds is 1. The van der Waals surface area contributed by atoms with Crippen LogP contribution in [0.1, 0.15) is 39.0 Å². The van der Waals surface area contributed by atoms with E-state index >= 15 is 0 Å². The van der Waals surface area contributed by atoms with Gasteiger partial charge in [-0.1, -0.05) is 12.8 Å². The minimum absolute atomic E-state index is 0.456. The van der Waals surface area contributed by atoms with Crippen LogP contribution in [0, 0.1) is 11.3 Å². The van der Waals surface area contributed by atoms with E-state index in [1.165, 1.54) is 32.1 Å². The van der Waals surface area contributed by atoms with Crippen LogP contribution in [0.3, 0.4) is 0 Å². The van der Waals surface area contributed by atoms with E-state index in [-0.39, 0.29) is 0 Å². The highest BCUT2D eigenvalue weighted by Crippen LogP contribution is 2.62. The largest absolute Gasteiger partial charge is 0.327 e. The highest BCUT2D eigenvalue weighted by Gasteiger charge is 2.56. The van der Waals surface area contributed by atoms with Crippen molar-refractivity contribution in [1.82, 2.24) is 0 Å². The first-order valence-electron chi connectivity index (χ1n) is 4.51. The van der Waals surface area contributed by atoms with Crippen molar-refractivity contribution in [3.05, 3.63) is 0 Å². The van der Waals surface area contributed by atoms with Crippen LogP contribution in [0.2, 0.25) is 0 Å². The number of hydrogen-bond acceptors (Lipinski definition) is 1. The Hall–Kier alpha value is -0.0400. The molecule has 0 spiro atoms. The molecule has 2 aliphatic carbocycles. The van der Waals surface area contributed by atoms with Gasteiger partial charge in [-0.2, -0.15) is 0 Å². The average Bonchev–Trinajstić information content (AvgIpc) is 2.61. The highest BCUT2D eigenvalue weighted by atomic mass is 14.8. The molecule has 2 N–H and O–H groups in total. The van der Waals surface area contributed by atoms with E-state index in [0.717, 1.165) is 5.92 Å². The Bertz CT molecular complexity index is 142. The van der Waals surface area contributed by atoms with Crippen molar-refractivity contribution < 1.29 is 0 Å². The lowest BCUT2D eigenvalue weighted by Crippen LogP contribution is -2.31. The Morgan fingerprint density at radius 2 is 2.30 bits per heavy atom. The zero-order valence-corrected chi connectivity index (χ0v) is 6.77. The maximum absolute atomic E-state index is 5.94.